The molecule has 3 aromatic rings. The molecule has 144 valence electrons. The second kappa shape index (κ2) is 6.73. The first-order chi connectivity index (χ1) is 13.3. The van der Waals surface area contributed by atoms with Crippen molar-refractivity contribution in [1.29, 1.82) is 0 Å². The molecule has 0 saturated carbocycles. The number of rotatable bonds is 4. The summed E-state index contributed by atoms with van der Waals surface area (Å²) in [5.74, 6) is 0.917. The molecule has 0 radical (unpaired) electrons. The average molecular weight is 405 g/mol. The van der Waals surface area contributed by atoms with E-state index in [0.717, 1.165) is 0 Å². The van der Waals surface area contributed by atoms with Crippen molar-refractivity contribution in [2.45, 2.75) is 11.3 Å². The molecule has 2 aromatic carbocycles. The summed E-state index contributed by atoms with van der Waals surface area (Å²) in [7, 11) is -3.87. The van der Waals surface area contributed by atoms with Gasteiger partial charge in [-0.2, -0.15) is 5.10 Å². The zero-order chi connectivity index (χ0) is 19.9. The maximum absolute atomic E-state index is 13.3. The fraction of sp³-hybridized carbons (Fsp3) is 0.0556. The maximum atomic E-state index is 13.3. The van der Waals surface area contributed by atoms with Crippen molar-refractivity contribution < 1.29 is 26.7 Å². The van der Waals surface area contributed by atoms with Crippen LogP contribution in [0.15, 0.2) is 66.0 Å². The van der Waals surface area contributed by atoms with Crippen molar-refractivity contribution in [3.63, 3.8) is 0 Å². The molecular formula is C18H13F2N3O4S. The topological polar surface area (TPSA) is 96.4 Å². The minimum absolute atomic E-state index is 0.0924. The summed E-state index contributed by atoms with van der Waals surface area (Å²) in [4.78, 5) is -0.0924. The number of hydrogen-bond acceptors (Lipinski definition) is 5. The number of halogens is 2. The molecule has 1 aliphatic rings. The van der Waals surface area contributed by atoms with Crippen LogP contribution in [0, 0.1) is 0 Å². The SMILES string of the molecule is NS(=O)(=O)c1ccc(-n2nc(C(F)F)cc2-c2ccc3c(c2)OC=CO3)cc1. The molecule has 0 fully saturated rings. The summed E-state index contributed by atoms with van der Waals surface area (Å²) in [6.07, 6.45) is -0.0300. The fourth-order valence-electron chi connectivity index (χ4n) is 2.74. The van der Waals surface area contributed by atoms with Crippen LogP contribution in [-0.2, 0) is 10.0 Å². The molecule has 0 atom stereocenters. The molecule has 28 heavy (non-hydrogen) atoms. The molecule has 0 bridgehead atoms. The first kappa shape index (κ1) is 18.1. The molecule has 0 unspecified atom stereocenters. The number of hydrogen-bond donors (Lipinski definition) is 1. The van der Waals surface area contributed by atoms with Gasteiger partial charge in [0.2, 0.25) is 10.0 Å². The van der Waals surface area contributed by atoms with Gasteiger partial charge in [-0.1, -0.05) is 0 Å². The van der Waals surface area contributed by atoms with Crippen LogP contribution in [0.3, 0.4) is 0 Å². The van der Waals surface area contributed by atoms with Gasteiger partial charge in [-0.25, -0.2) is 27.0 Å². The first-order valence-electron chi connectivity index (χ1n) is 7.97. The smallest absolute Gasteiger partial charge is 0.282 e. The van der Waals surface area contributed by atoms with E-state index in [1.807, 2.05) is 0 Å². The lowest BCUT2D eigenvalue weighted by atomic mass is 10.1. The van der Waals surface area contributed by atoms with Gasteiger partial charge in [0, 0.05) is 5.56 Å². The highest BCUT2D eigenvalue weighted by Gasteiger charge is 2.20. The Morgan fingerprint density at radius 1 is 0.964 bits per heavy atom. The first-order valence-corrected chi connectivity index (χ1v) is 9.52. The molecule has 7 nitrogen and oxygen atoms in total. The second-order valence-electron chi connectivity index (χ2n) is 5.88. The van der Waals surface area contributed by atoms with E-state index in [4.69, 9.17) is 14.6 Å². The van der Waals surface area contributed by atoms with Crippen LogP contribution in [0.4, 0.5) is 8.78 Å². The third kappa shape index (κ3) is 3.35. The molecule has 1 aromatic heterocycles. The molecule has 0 amide bonds. The fourth-order valence-corrected chi connectivity index (χ4v) is 3.26. The molecule has 0 saturated heterocycles. The number of alkyl halides is 2. The van der Waals surface area contributed by atoms with Crippen LogP contribution in [0.25, 0.3) is 16.9 Å². The number of ether oxygens (including phenoxy) is 2. The number of benzene rings is 2. The summed E-state index contributed by atoms with van der Waals surface area (Å²) in [6, 6.07) is 11.7. The largest absolute Gasteiger partial charge is 0.458 e. The predicted octanol–water partition coefficient (Wildman–Crippen LogP) is 3.37. The minimum atomic E-state index is -3.87. The van der Waals surface area contributed by atoms with Crippen LogP contribution in [-0.4, -0.2) is 18.2 Å². The molecule has 2 N–H and O–H groups in total. The summed E-state index contributed by atoms with van der Waals surface area (Å²) >= 11 is 0. The normalized spacial score (nSPS) is 13.1. The molecule has 1 aliphatic heterocycles. The van der Waals surface area contributed by atoms with Crippen LogP contribution in [0.1, 0.15) is 12.1 Å². The molecule has 0 aliphatic carbocycles. The van der Waals surface area contributed by atoms with E-state index < -0.39 is 22.1 Å². The van der Waals surface area contributed by atoms with Crippen LogP contribution in [0.5, 0.6) is 11.5 Å². The third-order valence-corrected chi connectivity index (χ3v) is 4.98. The number of primary sulfonamides is 1. The summed E-state index contributed by atoms with van der Waals surface area (Å²) in [5, 5.41) is 9.05. The highest BCUT2D eigenvalue weighted by Crippen LogP contribution is 2.36. The highest BCUT2D eigenvalue weighted by molar-refractivity contribution is 7.89. The Hall–Kier alpha value is -3.24. The lowest BCUT2D eigenvalue weighted by molar-refractivity contribution is 0.145. The lowest BCUT2D eigenvalue weighted by Gasteiger charge is -2.14. The molecule has 0 spiro atoms. The van der Waals surface area contributed by atoms with E-state index in [2.05, 4.69) is 5.10 Å². The highest BCUT2D eigenvalue weighted by atomic mass is 32.2. The quantitative estimate of drug-likeness (QED) is 0.718. The van der Waals surface area contributed by atoms with E-state index >= 15 is 0 Å². The van der Waals surface area contributed by atoms with Crippen LogP contribution < -0.4 is 14.6 Å². The Kier molecular flexibility index (Phi) is 4.36. The summed E-state index contributed by atoms with van der Waals surface area (Å²) < 4.78 is 61.3. The number of nitrogens with zero attached hydrogens (tertiary/aromatic N) is 2. The Labute approximate surface area is 158 Å². The van der Waals surface area contributed by atoms with Gasteiger partial charge < -0.3 is 9.47 Å². The second-order valence-corrected chi connectivity index (χ2v) is 7.44. The third-order valence-electron chi connectivity index (χ3n) is 4.05. The molecule has 4 rings (SSSR count). The Bertz CT molecular complexity index is 1170. The predicted molar refractivity (Wildman–Crippen MR) is 95.7 cm³/mol. The van der Waals surface area contributed by atoms with Crippen molar-refractivity contribution in [1.82, 2.24) is 9.78 Å². The van der Waals surface area contributed by atoms with Gasteiger partial charge >= 0.3 is 0 Å². The van der Waals surface area contributed by atoms with Gasteiger partial charge in [0.15, 0.2) is 11.5 Å². The van der Waals surface area contributed by atoms with Crippen molar-refractivity contribution in [3.8, 4) is 28.4 Å². The molecular weight excluding hydrogens is 392 g/mol. The van der Waals surface area contributed by atoms with E-state index in [0.29, 0.717) is 28.4 Å². The van der Waals surface area contributed by atoms with E-state index in [-0.39, 0.29) is 4.90 Å². The van der Waals surface area contributed by atoms with Crippen molar-refractivity contribution in [2.75, 3.05) is 0 Å². The van der Waals surface area contributed by atoms with Crippen LogP contribution in [0.2, 0.25) is 0 Å². The lowest BCUT2D eigenvalue weighted by Crippen LogP contribution is -2.12. The maximum Gasteiger partial charge on any atom is 0.282 e. The molecule has 2 heterocycles. The van der Waals surface area contributed by atoms with Gasteiger partial charge in [-0.05, 0) is 48.5 Å². The summed E-state index contributed by atoms with van der Waals surface area (Å²) in [6.45, 7) is 0. The monoisotopic (exact) mass is 405 g/mol. The van der Waals surface area contributed by atoms with Crippen molar-refractivity contribution in [3.05, 3.63) is 66.7 Å². The van der Waals surface area contributed by atoms with Gasteiger partial charge in [0.05, 0.1) is 16.3 Å². The summed E-state index contributed by atoms with van der Waals surface area (Å²) in [5.41, 5.74) is 0.913. The van der Waals surface area contributed by atoms with Crippen molar-refractivity contribution >= 4 is 10.0 Å². The number of aromatic nitrogens is 2. The van der Waals surface area contributed by atoms with E-state index in [1.54, 1.807) is 18.2 Å². The average Bonchev–Trinajstić information content (AvgIpc) is 3.13. The van der Waals surface area contributed by atoms with E-state index in [1.165, 1.54) is 47.5 Å². The Morgan fingerprint density at radius 2 is 1.64 bits per heavy atom. The standard InChI is InChI=1S/C18H13F2N3O4S/c19-18(20)14-10-15(11-1-6-16-17(9-11)27-8-7-26-16)23(22-14)12-2-4-13(5-3-12)28(21,24)25/h1-10,18H,(H2,21,24,25). The Balaban J connectivity index is 1.82. The molecule has 10 heteroatoms. The van der Waals surface area contributed by atoms with Gasteiger partial charge in [-0.3, -0.25) is 0 Å². The number of nitrogens with two attached hydrogens (primary N) is 1. The Morgan fingerprint density at radius 3 is 2.29 bits per heavy atom. The van der Waals surface area contributed by atoms with E-state index in [9.17, 15) is 17.2 Å². The zero-order valence-corrected chi connectivity index (χ0v) is 14.9. The zero-order valence-electron chi connectivity index (χ0n) is 14.1. The number of sulfonamides is 1. The minimum Gasteiger partial charge on any atom is -0.458 e. The van der Waals surface area contributed by atoms with Crippen molar-refractivity contribution in [2.24, 2.45) is 5.14 Å². The van der Waals surface area contributed by atoms with Gasteiger partial charge in [-0.15, -0.1) is 0 Å². The van der Waals surface area contributed by atoms with Gasteiger partial charge in [0.25, 0.3) is 6.43 Å². The van der Waals surface area contributed by atoms with Gasteiger partial charge in [0.1, 0.15) is 18.2 Å². The van der Waals surface area contributed by atoms with Crippen LogP contribution >= 0.6 is 0 Å². The number of fused-ring (bicyclic) bond motifs is 1.